The third-order valence-electron chi connectivity index (χ3n) is 10.6. The van der Waals surface area contributed by atoms with Gasteiger partial charge in [0.2, 0.25) is 21.8 Å². The van der Waals surface area contributed by atoms with Crippen LogP contribution in [0, 0.1) is 17.8 Å². The molecule has 2 saturated carbocycles. The molecule has 1 aromatic carbocycles. The molecule has 6 rings (SSSR count). The first-order valence-electron chi connectivity index (χ1n) is 17.0. The lowest BCUT2D eigenvalue weighted by Crippen LogP contribution is -2.59. The molecule has 3 heterocycles. The first kappa shape index (κ1) is 35.4. The highest BCUT2D eigenvalue weighted by Crippen LogP contribution is 2.47. The Bertz CT molecular complexity index is 1830. The zero-order valence-electron chi connectivity index (χ0n) is 28.5. The molecule has 4 N–H and O–H groups in total. The number of sulfonamides is 1. The lowest BCUT2D eigenvalue weighted by Gasteiger charge is -2.32. The van der Waals surface area contributed by atoms with Gasteiger partial charge in [-0.15, -0.1) is 0 Å². The van der Waals surface area contributed by atoms with E-state index >= 15 is 0 Å². The van der Waals surface area contributed by atoms with Crippen molar-refractivity contribution in [3.05, 3.63) is 36.5 Å². The minimum absolute atomic E-state index is 0.0106. The Kier molecular flexibility index (Phi) is 9.43. The topological polar surface area (TPSA) is 206 Å². The predicted octanol–water partition coefficient (Wildman–Crippen LogP) is 2.51. The summed E-state index contributed by atoms with van der Waals surface area (Å²) in [4.78, 5) is 55.6. The summed E-state index contributed by atoms with van der Waals surface area (Å²) in [5, 5.41) is 23.8. The molecule has 50 heavy (non-hydrogen) atoms. The van der Waals surface area contributed by atoms with Crippen LogP contribution in [-0.2, 0) is 24.4 Å². The third kappa shape index (κ3) is 6.94. The number of fused-ring (bicyclic) bond motifs is 3. The SMILES string of the molecule is COc1ccc2c(O[C@@H]3C[C@H]4C(=O)N[C@]5(C(=O)NS(=O)(=O)C6(C)CC6)C[C@H]5C=CCC[C@@H](C)C[C@@H](C)[C@H](NC(=O)O)C(=O)N4C3)cnnc2c1. The zero-order chi connectivity index (χ0) is 36.0. The van der Waals surface area contributed by atoms with Crippen LogP contribution in [0.25, 0.3) is 10.9 Å². The maximum Gasteiger partial charge on any atom is 0.405 e. The number of amides is 4. The maximum atomic E-state index is 14.3. The van der Waals surface area contributed by atoms with Crippen molar-refractivity contribution in [1.29, 1.82) is 0 Å². The largest absolute Gasteiger partial charge is 0.497 e. The number of carboxylic acid groups (broad SMARTS) is 1. The van der Waals surface area contributed by atoms with E-state index < -0.39 is 74.1 Å². The number of allylic oxidation sites excluding steroid dienone is 1. The molecular formula is C34H44N6O9S. The van der Waals surface area contributed by atoms with Crippen LogP contribution in [0.2, 0.25) is 0 Å². The van der Waals surface area contributed by atoms with E-state index in [1.807, 2.05) is 19.1 Å². The van der Waals surface area contributed by atoms with E-state index in [-0.39, 0.29) is 25.3 Å². The molecule has 0 radical (unpaired) electrons. The van der Waals surface area contributed by atoms with Gasteiger partial charge in [-0.2, -0.15) is 10.2 Å². The number of ether oxygens (including phenoxy) is 2. The summed E-state index contributed by atoms with van der Waals surface area (Å²) in [7, 11) is -2.46. The van der Waals surface area contributed by atoms with Crippen LogP contribution in [0.5, 0.6) is 11.5 Å². The van der Waals surface area contributed by atoms with E-state index in [4.69, 9.17) is 9.47 Å². The molecule has 15 nitrogen and oxygen atoms in total. The van der Waals surface area contributed by atoms with E-state index in [2.05, 4.69) is 25.6 Å². The Balaban J connectivity index is 1.33. The molecule has 16 heteroatoms. The van der Waals surface area contributed by atoms with Gasteiger partial charge in [0.25, 0.3) is 5.91 Å². The number of benzene rings is 1. The van der Waals surface area contributed by atoms with Crippen molar-refractivity contribution >= 4 is 44.7 Å². The number of hydrogen-bond donors (Lipinski definition) is 4. The number of aromatic nitrogens is 2. The first-order valence-corrected chi connectivity index (χ1v) is 18.5. The fourth-order valence-corrected chi connectivity index (χ4v) is 8.46. The van der Waals surface area contributed by atoms with Crippen LogP contribution >= 0.6 is 0 Å². The van der Waals surface area contributed by atoms with E-state index in [0.29, 0.717) is 48.1 Å². The molecule has 0 bridgehead atoms. The van der Waals surface area contributed by atoms with Gasteiger partial charge in [0.05, 0.1) is 24.6 Å². The Morgan fingerprint density at radius 2 is 1.92 bits per heavy atom. The maximum absolute atomic E-state index is 14.3. The van der Waals surface area contributed by atoms with Gasteiger partial charge in [-0.25, -0.2) is 13.2 Å². The molecule has 0 unspecified atom stereocenters. The van der Waals surface area contributed by atoms with Crippen LogP contribution in [-0.4, -0.2) is 94.6 Å². The summed E-state index contributed by atoms with van der Waals surface area (Å²) < 4.78 is 39.0. The predicted molar refractivity (Wildman–Crippen MR) is 181 cm³/mol. The fourth-order valence-electron chi connectivity index (χ4n) is 7.15. The van der Waals surface area contributed by atoms with Gasteiger partial charge in [-0.1, -0.05) is 26.0 Å². The van der Waals surface area contributed by atoms with Gasteiger partial charge in [-0.05, 0) is 69.4 Å². The second kappa shape index (κ2) is 13.3. The molecule has 1 saturated heterocycles. The number of carbonyl (C=O) groups is 4. The lowest BCUT2D eigenvalue weighted by molar-refractivity contribution is -0.142. The number of nitrogens with one attached hydrogen (secondary N) is 3. The smallest absolute Gasteiger partial charge is 0.405 e. The highest BCUT2D eigenvalue weighted by molar-refractivity contribution is 7.91. The fraction of sp³-hybridized carbons (Fsp3) is 0.588. The summed E-state index contributed by atoms with van der Waals surface area (Å²) >= 11 is 0. The highest BCUT2D eigenvalue weighted by Gasteiger charge is 2.63. The van der Waals surface area contributed by atoms with E-state index in [0.717, 1.165) is 6.42 Å². The van der Waals surface area contributed by atoms with E-state index in [1.54, 1.807) is 32.0 Å². The van der Waals surface area contributed by atoms with Crippen LogP contribution in [0.3, 0.4) is 0 Å². The van der Waals surface area contributed by atoms with Gasteiger partial charge in [0.1, 0.15) is 40.7 Å². The van der Waals surface area contributed by atoms with Crippen molar-refractivity contribution < 1.29 is 42.2 Å². The first-order chi connectivity index (χ1) is 23.7. The summed E-state index contributed by atoms with van der Waals surface area (Å²) in [5.74, 6) is -1.89. The Morgan fingerprint density at radius 1 is 1.16 bits per heavy atom. The van der Waals surface area contributed by atoms with Gasteiger partial charge in [0, 0.05) is 23.8 Å². The molecule has 0 spiro atoms. The number of methoxy groups -OCH3 is 1. The Morgan fingerprint density at radius 3 is 2.62 bits per heavy atom. The minimum atomic E-state index is -4.00. The van der Waals surface area contributed by atoms with Gasteiger partial charge in [0.15, 0.2) is 0 Å². The minimum Gasteiger partial charge on any atom is -0.497 e. The van der Waals surface area contributed by atoms with Gasteiger partial charge < -0.3 is 30.1 Å². The second-order valence-electron chi connectivity index (χ2n) is 14.5. The molecule has 270 valence electrons. The zero-order valence-corrected chi connectivity index (χ0v) is 29.4. The second-order valence-corrected chi connectivity index (χ2v) is 16.7. The molecule has 2 aliphatic carbocycles. The average molecular weight is 713 g/mol. The average Bonchev–Trinajstić information content (AvgIpc) is 3.95. The van der Waals surface area contributed by atoms with Crippen molar-refractivity contribution in [2.45, 2.75) is 94.2 Å². The highest BCUT2D eigenvalue weighted by atomic mass is 32.2. The molecule has 3 fully saturated rings. The monoisotopic (exact) mass is 712 g/mol. The lowest BCUT2D eigenvalue weighted by atomic mass is 9.88. The number of rotatable bonds is 7. The summed E-state index contributed by atoms with van der Waals surface area (Å²) in [6.45, 7) is 5.34. The molecule has 2 aromatic rings. The molecule has 4 amide bonds. The normalized spacial score (nSPS) is 30.9. The standard InChI is InChI=1S/C34H44N6O9S/c1-19-7-5-6-8-21-16-34(21,31(43)39-50(46,47)33(3)11-12-33)37-29(41)26-15-23(18-40(26)30(42)28(20(2)13-19)36-32(44)45)49-27-17-35-38-25-14-22(48-4)9-10-24(25)27/h6,8-10,14,17,19-21,23,26,28,36H,5,7,11-13,15-16,18H2,1-4H3,(H,37,41)(H,39,43)(H,44,45)/t19-,20-,21-,23-,26+,28+,34-/m1/s1. The van der Waals surface area contributed by atoms with Crippen LogP contribution in [0.4, 0.5) is 4.79 Å². The van der Waals surface area contributed by atoms with E-state index in [1.165, 1.54) is 18.2 Å². The van der Waals surface area contributed by atoms with E-state index in [9.17, 15) is 32.7 Å². The number of nitrogens with zero attached hydrogens (tertiary/aromatic N) is 3. The molecule has 4 aliphatic rings. The molecule has 7 atom stereocenters. The summed E-state index contributed by atoms with van der Waals surface area (Å²) in [6.07, 6.45) is 6.09. The Labute approximate surface area is 290 Å². The summed E-state index contributed by atoms with van der Waals surface area (Å²) in [5.41, 5.74) is -1.03. The van der Waals surface area contributed by atoms with Crippen molar-refractivity contribution in [2.24, 2.45) is 17.8 Å². The summed E-state index contributed by atoms with van der Waals surface area (Å²) in [6, 6.07) is 2.89. The van der Waals surface area contributed by atoms with Crippen molar-refractivity contribution in [2.75, 3.05) is 13.7 Å². The van der Waals surface area contributed by atoms with Crippen molar-refractivity contribution in [3.63, 3.8) is 0 Å². The van der Waals surface area contributed by atoms with Crippen LogP contribution in [0.1, 0.15) is 65.7 Å². The quantitative estimate of drug-likeness (QED) is 0.307. The van der Waals surface area contributed by atoms with Gasteiger partial charge >= 0.3 is 6.09 Å². The molecule has 2 aliphatic heterocycles. The number of carbonyl (C=O) groups excluding carboxylic acids is 3. The van der Waals surface area contributed by atoms with Crippen molar-refractivity contribution in [3.8, 4) is 11.5 Å². The van der Waals surface area contributed by atoms with Crippen molar-refractivity contribution in [1.82, 2.24) is 30.5 Å². The van der Waals surface area contributed by atoms with Crippen LogP contribution < -0.4 is 24.8 Å². The van der Waals surface area contributed by atoms with Gasteiger partial charge in [-0.3, -0.25) is 19.1 Å². The number of hydrogen-bond acceptors (Lipinski definition) is 10. The molecule has 1 aromatic heterocycles. The third-order valence-corrected chi connectivity index (χ3v) is 12.8. The Hall–Kier alpha value is -4.47. The van der Waals surface area contributed by atoms with Crippen LogP contribution in [0.15, 0.2) is 36.5 Å². The molecular weight excluding hydrogens is 668 g/mol.